The van der Waals surface area contributed by atoms with Crippen molar-refractivity contribution in [3.8, 4) is 17.3 Å². The van der Waals surface area contributed by atoms with Crippen LogP contribution in [0.4, 0.5) is 9.18 Å². The second kappa shape index (κ2) is 12.5. The molecule has 258 valence electrons. The third-order valence-corrected chi connectivity index (χ3v) is 9.13. The van der Waals surface area contributed by atoms with Crippen molar-refractivity contribution < 1.29 is 23.5 Å². The van der Waals surface area contributed by atoms with E-state index in [0.29, 0.717) is 43.1 Å². The zero-order valence-corrected chi connectivity index (χ0v) is 28.9. The number of hydrogen-bond donors (Lipinski definition) is 1. The summed E-state index contributed by atoms with van der Waals surface area (Å²) < 4.78 is 31.3. The maximum absolute atomic E-state index is 13.7. The fourth-order valence-corrected chi connectivity index (χ4v) is 6.51. The zero-order chi connectivity index (χ0) is 34.6. The number of carbonyl (C=O) groups is 2. The molecular weight excluding hydrogens is 627 g/mol. The van der Waals surface area contributed by atoms with E-state index in [9.17, 15) is 14.0 Å². The van der Waals surface area contributed by atoms with Gasteiger partial charge in [0.2, 0.25) is 5.95 Å². The number of hydrogen-bond acceptors (Lipinski definition) is 7. The van der Waals surface area contributed by atoms with Gasteiger partial charge in [-0.3, -0.25) is 4.79 Å². The molecule has 1 saturated carbocycles. The highest BCUT2D eigenvalue weighted by Gasteiger charge is 2.31. The first-order chi connectivity index (χ1) is 23.3. The number of aryl methyl sites for hydroxylation is 1. The molecule has 2 aliphatic rings. The summed E-state index contributed by atoms with van der Waals surface area (Å²) in [6, 6.07) is 9.63. The molecule has 2 atom stereocenters. The minimum atomic E-state index is -0.604. The maximum atomic E-state index is 13.7. The van der Waals surface area contributed by atoms with E-state index < -0.39 is 17.6 Å². The zero-order valence-electron chi connectivity index (χ0n) is 28.9. The number of rotatable bonds is 10. The third-order valence-electron chi connectivity index (χ3n) is 9.13. The summed E-state index contributed by atoms with van der Waals surface area (Å²) >= 11 is 0. The third kappa shape index (κ3) is 6.70. The Hall–Kier alpha value is -4.94. The van der Waals surface area contributed by atoms with Crippen molar-refractivity contribution in [2.75, 3.05) is 19.7 Å². The van der Waals surface area contributed by atoms with E-state index in [2.05, 4.69) is 27.0 Å². The lowest BCUT2D eigenvalue weighted by Crippen LogP contribution is -2.48. The Kier molecular flexibility index (Phi) is 8.32. The lowest BCUT2D eigenvalue weighted by molar-refractivity contribution is 0.0483. The molecule has 5 aromatic rings. The van der Waals surface area contributed by atoms with Gasteiger partial charge in [-0.2, -0.15) is 4.39 Å². The van der Waals surface area contributed by atoms with Crippen molar-refractivity contribution in [2.45, 2.75) is 78.1 Å². The number of aromatic nitrogens is 6. The van der Waals surface area contributed by atoms with Crippen LogP contribution < -0.4 is 10.1 Å². The van der Waals surface area contributed by atoms with Gasteiger partial charge in [-0.15, -0.1) is 0 Å². The maximum Gasteiger partial charge on any atom is 0.407 e. The monoisotopic (exact) mass is 670 g/mol. The number of nitrogens with zero attached hydrogens (tertiary/aromatic N) is 7. The molecule has 1 aliphatic heterocycles. The van der Waals surface area contributed by atoms with Gasteiger partial charge < -0.3 is 33.4 Å². The van der Waals surface area contributed by atoms with E-state index in [0.717, 1.165) is 46.1 Å². The van der Waals surface area contributed by atoms with Crippen molar-refractivity contribution in [3.05, 3.63) is 60.1 Å². The lowest BCUT2D eigenvalue weighted by Gasteiger charge is -2.31. The van der Waals surface area contributed by atoms with Crippen LogP contribution in [0.25, 0.3) is 33.6 Å². The van der Waals surface area contributed by atoms with E-state index >= 15 is 0 Å². The second-order valence-electron chi connectivity index (χ2n) is 14.4. The molecule has 1 aliphatic carbocycles. The van der Waals surface area contributed by atoms with Crippen molar-refractivity contribution in [3.63, 3.8) is 0 Å². The standard InChI is InChI=1S/C36H43FN8O4/c1-21(39-35(47)49-36(3,4)5)16-43-13-12-26-25(34(43)46)15-27-32(40-26)42(6)33(41-27)28-14-24-8-7-9-29(31(24)45(28)17-23-10-11-23)48-19-22(2)44-18-30(37)38-20-44/h7-9,14-15,18,20-23H,10-13,16-17,19H2,1-6H3,(H,39,47)/t21-,22-/m1/s1. The van der Waals surface area contributed by atoms with E-state index in [-0.39, 0.29) is 18.0 Å². The Balaban J connectivity index is 1.18. The number of amides is 2. The van der Waals surface area contributed by atoms with Crippen LogP contribution in [0.2, 0.25) is 0 Å². The minimum absolute atomic E-state index is 0.112. The van der Waals surface area contributed by atoms with Crippen LogP contribution in [0.1, 0.15) is 69.6 Å². The topological polar surface area (TPSA) is 121 Å². The molecular formula is C36H43FN8O4. The van der Waals surface area contributed by atoms with Gasteiger partial charge in [-0.1, -0.05) is 12.1 Å². The lowest BCUT2D eigenvalue weighted by atomic mass is 10.0. The summed E-state index contributed by atoms with van der Waals surface area (Å²) in [6.45, 7) is 11.3. The number of para-hydroxylation sites is 1. The number of fused-ring (bicyclic) bond motifs is 3. The first-order valence-electron chi connectivity index (χ1n) is 16.9. The molecule has 1 fully saturated rings. The summed E-state index contributed by atoms with van der Waals surface area (Å²) in [6.07, 6.45) is 5.29. The average Bonchev–Trinajstić information content (AvgIpc) is 3.49. The van der Waals surface area contributed by atoms with E-state index in [1.165, 1.54) is 25.4 Å². The number of alkyl carbamates (subject to hydrolysis) is 1. The van der Waals surface area contributed by atoms with Gasteiger partial charge in [0, 0.05) is 44.5 Å². The number of nitrogens with one attached hydrogen (secondary N) is 1. The van der Waals surface area contributed by atoms with Crippen molar-refractivity contribution >= 4 is 34.1 Å². The van der Waals surface area contributed by atoms with Crippen molar-refractivity contribution in [1.29, 1.82) is 0 Å². The van der Waals surface area contributed by atoms with Crippen LogP contribution in [0, 0.1) is 11.9 Å². The number of benzene rings is 1. The predicted molar refractivity (Wildman–Crippen MR) is 183 cm³/mol. The van der Waals surface area contributed by atoms with Crippen LogP contribution >= 0.6 is 0 Å². The molecule has 0 radical (unpaired) electrons. The van der Waals surface area contributed by atoms with E-state index in [1.54, 1.807) is 9.47 Å². The number of imidazole rings is 2. The highest BCUT2D eigenvalue weighted by molar-refractivity contribution is 5.99. The number of ether oxygens (including phenoxy) is 2. The van der Waals surface area contributed by atoms with Crippen LogP contribution in [-0.4, -0.2) is 76.9 Å². The Morgan fingerprint density at radius 3 is 2.67 bits per heavy atom. The van der Waals surface area contributed by atoms with Crippen LogP contribution in [0.5, 0.6) is 5.75 Å². The van der Waals surface area contributed by atoms with Gasteiger partial charge in [0.05, 0.1) is 41.0 Å². The Labute approximate surface area is 284 Å². The summed E-state index contributed by atoms with van der Waals surface area (Å²) in [7, 11) is 1.97. The first-order valence-corrected chi connectivity index (χ1v) is 16.9. The second-order valence-corrected chi connectivity index (χ2v) is 14.4. The van der Waals surface area contributed by atoms with Gasteiger partial charge in [0.1, 0.15) is 23.5 Å². The average molecular weight is 671 g/mol. The highest BCUT2D eigenvalue weighted by Crippen LogP contribution is 2.39. The largest absolute Gasteiger partial charge is 0.489 e. The summed E-state index contributed by atoms with van der Waals surface area (Å²) in [5.74, 6) is 1.45. The van der Waals surface area contributed by atoms with Gasteiger partial charge in [-0.05, 0) is 71.6 Å². The molecule has 13 heteroatoms. The molecule has 7 rings (SSSR count). The van der Waals surface area contributed by atoms with Gasteiger partial charge in [0.15, 0.2) is 11.5 Å². The molecule has 1 aromatic carbocycles. The highest BCUT2D eigenvalue weighted by atomic mass is 19.1. The molecule has 0 spiro atoms. The fourth-order valence-electron chi connectivity index (χ4n) is 6.51. The van der Waals surface area contributed by atoms with Gasteiger partial charge in [-0.25, -0.2) is 19.7 Å². The number of pyridine rings is 1. The quantitative estimate of drug-likeness (QED) is 0.197. The number of carbonyl (C=O) groups excluding carboxylic acids is 2. The Bertz CT molecular complexity index is 2050. The van der Waals surface area contributed by atoms with Crippen LogP contribution in [-0.2, 0) is 24.8 Å². The summed E-state index contributed by atoms with van der Waals surface area (Å²) in [5.41, 5.74) is 3.99. The molecule has 4 aromatic heterocycles. The summed E-state index contributed by atoms with van der Waals surface area (Å²) in [5, 5.41) is 3.87. The molecule has 49 heavy (non-hydrogen) atoms. The molecule has 0 unspecified atom stereocenters. The minimum Gasteiger partial charge on any atom is -0.489 e. The Morgan fingerprint density at radius 1 is 1.16 bits per heavy atom. The number of halogens is 1. The normalized spacial score (nSPS) is 16.2. The molecule has 0 bridgehead atoms. The molecule has 2 amide bonds. The van der Waals surface area contributed by atoms with Crippen LogP contribution in [0.3, 0.4) is 0 Å². The molecule has 0 saturated heterocycles. The molecule has 1 N–H and O–H groups in total. The smallest absolute Gasteiger partial charge is 0.407 e. The first kappa shape index (κ1) is 32.6. The van der Waals surface area contributed by atoms with Crippen molar-refractivity contribution in [1.82, 2.24) is 38.9 Å². The molecule has 12 nitrogen and oxygen atoms in total. The fraction of sp³-hybridized carbons (Fsp3) is 0.472. The van der Waals surface area contributed by atoms with E-state index in [1.807, 2.05) is 64.4 Å². The van der Waals surface area contributed by atoms with Gasteiger partial charge >= 0.3 is 6.09 Å². The summed E-state index contributed by atoms with van der Waals surface area (Å²) in [4.78, 5) is 41.4. The molecule has 5 heterocycles. The van der Waals surface area contributed by atoms with Crippen LogP contribution in [0.15, 0.2) is 42.9 Å². The SMILES string of the molecule is C[C@H](CN1CCc2nc3c(cc2C1=O)nc(-c1cc2cccc(OC[C@@H](C)n4cnc(F)c4)c2n1CC1CC1)n3C)NC(=O)OC(C)(C)C. The van der Waals surface area contributed by atoms with E-state index in [4.69, 9.17) is 19.4 Å². The predicted octanol–water partition coefficient (Wildman–Crippen LogP) is 5.89. The van der Waals surface area contributed by atoms with Crippen molar-refractivity contribution in [2.24, 2.45) is 13.0 Å². The Morgan fingerprint density at radius 2 is 1.96 bits per heavy atom. The van der Waals surface area contributed by atoms with Gasteiger partial charge in [0.25, 0.3) is 5.91 Å².